The summed E-state index contributed by atoms with van der Waals surface area (Å²) in [6.07, 6.45) is 0. The van der Waals surface area contributed by atoms with Crippen molar-refractivity contribution < 1.29 is 0 Å². The van der Waals surface area contributed by atoms with Crippen molar-refractivity contribution in [1.29, 1.82) is 0 Å². The van der Waals surface area contributed by atoms with Crippen LogP contribution in [0.3, 0.4) is 0 Å². The van der Waals surface area contributed by atoms with Crippen LogP contribution in [0.25, 0.3) is 38.3 Å². The fourth-order valence-electron chi connectivity index (χ4n) is 2.91. The van der Waals surface area contributed by atoms with E-state index < -0.39 is 0 Å². The molecule has 6 nitrogen and oxygen atoms in total. The van der Waals surface area contributed by atoms with E-state index in [1.54, 1.807) is 4.52 Å². The molecule has 0 amide bonds. The summed E-state index contributed by atoms with van der Waals surface area (Å²) in [5, 5.41) is 22.3. The van der Waals surface area contributed by atoms with Crippen LogP contribution in [0.1, 0.15) is 5.56 Å². The Hall–Kier alpha value is -3.03. The van der Waals surface area contributed by atoms with Gasteiger partial charge in [0, 0.05) is 16.1 Å². The lowest BCUT2D eigenvalue weighted by Crippen LogP contribution is -1.91. The van der Waals surface area contributed by atoms with E-state index >= 15 is 0 Å². The van der Waals surface area contributed by atoms with Crippen molar-refractivity contribution in [2.45, 2.75) is 6.92 Å². The first-order valence-corrected chi connectivity index (χ1v) is 9.48. The van der Waals surface area contributed by atoms with Crippen molar-refractivity contribution in [3.05, 3.63) is 65.2 Å². The molecule has 132 valence electrons. The van der Waals surface area contributed by atoms with E-state index in [1.165, 1.54) is 16.9 Å². The number of fused-ring (bicyclic) bond motifs is 1. The lowest BCUT2D eigenvalue weighted by molar-refractivity contribution is 0.954. The summed E-state index contributed by atoms with van der Waals surface area (Å²) >= 11 is 7.47. The topological polar surface area (TPSA) is 71.8 Å². The second-order valence-electron chi connectivity index (χ2n) is 6.11. The molecule has 0 saturated carbocycles. The smallest absolute Gasteiger partial charge is 0.235 e. The fraction of sp³-hybridized carbons (Fsp3) is 0.0526. The second-order valence-corrected chi connectivity index (χ2v) is 7.51. The predicted molar refractivity (Wildman–Crippen MR) is 107 cm³/mol. The number of H-pyrrole nitrogens is 1. The molecule has 0 unspecified atom stereocenters. The number of aromatic nitrogens is 6. The molecule has 0 spiro atoms. The molecule has 3 aromatic heterocycles. The van der Waals surface area contributed by atoms with Crippen LogP contribution in [0.2, 0.25) is 5.02 Å². The summed E-state index contributed by atoms with van der Waals surface area (Å²) in [6, 6.07) is 17.7. The van der Waals surface area contributed by atoms with Gasteiger partial charge in [-0.1, -0.05) is 59.3 Å². The number of benzene rings is 2. The maximum absolute atomic E-state index is 5.96. The van der Waals surface area contributed by atoms with Crippen molar-refractivity contribution in [2.24, 2.45) is 0 Å². The monoisotopic (exact) mass is 392 g/mol. The van der Waals surface area contributed by atoms with Crippen molar-refractivity contribution in [3.8, 4) is 33.3 Å². The Kier molecular flexibility index (Phi) is 3.77. The summed E-state index contributed by atoms with van der Waals surface area (Å²) < 4.78 is 1.76. The van der Waals surface area contributed by atoms with Crippen molar-refractivity contribution in [3.63, 3.8) is 0 Å². The number of hydrogen-bond donors (Lipinski definition) is 1. The summed E-state index contributed by atoms with van der Waals surface area (Å²) in [4.78, 5) is 0.742. The highest BCUT2D eigenvalue weighted by Gasteiger charge is 2.17. The zero-order valence-corrected chi connectivity index (χ0v) is 15.8. The average molecular weight is 393 g/mol. The van der Waals surface area contributed by atoms with Crippen LogP contribution in [0.15, 0.2) is 54.6 Å². The summed E-state index contributed by atoms with van der Waals surface area (Å²) in [6.45, 7) is 2.08. The SMILES string of the molecule is Cc1ccccc1-c1nn2c(-c3cc(-c4ccc(Cl)cc4)n[nH]3)nnc2s1. The molecule has 0 saturated heterocycles. The second kappa shape index (κ2) is 6.29. The molecule has 8 heteroatoms. The molecule has 0 atom stereocenters. The van der Waals surface area contributed by atoms with Crippen LogP contribution < -0.4 is 0 Å². The molecule has 5 aromatic rings. The van der Waals surface area contributed by atoms with Crippen LogP contribution in [0, 0.1) is 6.92 Å². The summed E-state index contributed by atoms with van der Waals surface area (Å²) in [5.74, 6) is 0.633. The Bertz CT molecular complexity index is 1250. The van der Waals surface area contributed by atoms with Gasteiger partial charge in [-0.25, -0.2) is 0 Å². The van der Waals surface area contributed by atoms with Crippen molar-refractivity contribution in [2.75, 3.05) is 0 Å². The summed E-state index contributed by atoms with van der Waals surface area (Å²) in [7, 11) is 0. The molecule has 0 fully saturated rings. The molecular weight excluding hydrogens is 380 g/mol. The molecule has 2 aromatic carbocycles. The van der Waals surface area contributed by atoms with Gasteiger partial charge in [-0.2, -0.15) is 14.7 Å². The van der Waals surface area contributed by atoms with Gasteiger partial charge < -0.3 is 0 Å². The van der Waals surface area contributed by atoms with Gasteiger partial charge in [0.25, 0.3) is 0 Å². The maximum atomic E-state index is 5.96. The van der Waals surface area contributed by atoms with Gasteiger partial charge in [0.15, 0.2) is 0 Å². The molecule has 27 heavy (non-hydrogen) atoms. The third-order valence-corrected chi connectivity index (χ3v) is 5.51. The van der Waals surface area contributed by atoms with Crippen LogP contribution in [-0.4, -0.2) is 30.0 Å². The Balaban J connectivity index is 1.56. The average Bonchev–Trinajstić information content (AvgIpc) is 3.38. The Morgan fingerprint density at radius 2 is 1.85 bits per heavy atom. The molecule has 0 aliphatic rings. The van der Waals surface area contributed by atoms with E-state index in [-0.39, 0.29) is 0 Å². The third kappa shape index (κ3) is 2.81. The first-order valence-electron chi connectivity index (χ1n) is 8.29. The number of nitrogens with zero attached hydrogens (tertiary/aromatic N) is 5. The standard InChI is InChI=1S/C19H13ClN6S/c1-11-4-2-3-5-14(11)18-25-26-17(23-24-19(26)27-18)16-10-15(21-22-16)12-6-8-13(20)9-7-12/h2-10H,1H3,(H,21,22). The van der Waals surface area contributed by atoms with E-state index in [0.717, 1.165) is 32.5 Å². The molecule has 0 aliphatic carbocycles. The first-order chi connectivity index (χ1) is 13.2. The Morgan fingerprint density at radius 1 is 1.04 bits per heavy atom. The van der Waals surface area contributed by atoms with Gasteiger partial charge in [0.1, 0.15) is 10.7 Å². The van der Waals surface area contributed by atoms with Gasteiger partial charge in [-0.05, 0) is 30.7 Å². The van der Waals surface area contributed by atoms with Gasteiger partial charge in [0.2, 0.25) is 10.8 Å². The number of nitrogens with one attached hydrogen (secondary N) is 1. The van der Waals surface area contributed by atoms with E-state index in [1.807, 2.05) is 42.5 Å². The van der Waals surface area contributed by atoms with Crippen LogP contribution in [0.4, 0.5) is 0 Å². The van der Waals surface area contributed by atoms with E-state index in [0.29, 0.717) is 10.8 Å². The van der Waals surface area contributed by atoms with Crippen LogP contribution >= 0.6 is 22.9 Å². The van der Waals surface area contributed by atoms with E-state index in [2.05, 4.69) is 39.5 Å². The Labute approximate surface area is 163 Å². The van der Waals surface area contributed by atoms with E-state index in [4.69, 9.17) is 16.7 Å². The van der Waals surface area contributed by atoms with Crippen molar-refractivity contribution in [1.82, 2.24) is 30.0 Å². The van der Waals surface area contributed by atoms with Gasteiger partial charge >= 0.3 is 0 Å². The number of hydrogen-bond acceptors (Lipinski definition) is 5. The number of rotatable bonds is 3. The minimum absolute atomic E-state index is 0.633. The minimum atomic E-state index is 0.633. The highest BCUT2D eigenvalue weighted by Crippen LogP contribution is 2.30. The maximum Gasteiger partial charge on any atom is 0.235 e. The van der Waals surface area contributed by atoms with E-state index in [9.17, 15) is 0 Å². The highest BCUT2D eigenvalue weighted by molar-refractivity contribution is 7.19. The third-order valence-electron chi connectivity index (χ3n) is 4.33. The normalized spacial score (nSPS) is 11.3. The van der Waals surface area contributed by atoms with Crippen LogP contribution in [0.5, 0.6) is 0 Å². The highest BCUT2D eigenvalue weighted by atomic mass is 35.5. The molecular formula is C19H13ClN6S. The molecule has 0 radical (unpaired) electrons. The lowest BCUT2D eigenvalue weighted by atomic mass is 10.1. The number of aryl methyl sites for hydroxylation is 1. The molecule has 1 N–H and O–H groups in total. The number of halogens is 1. The Morgan fingerprint density at radius 3 is 2.67 bits per heavy atom. The first kappa shape index (κ1) is 16.2. The lowest BCUT2D eigenvalue weighted by Gasteiger charge is -1.99. The van der Waals surface area contributed by atoms with Gasteiger partial charge in [0.05, 0.1) is 5.69 Å². The van der Waals surface area contributed by atoms with Crippen molar-refractivity contribution >= 4 is 27.9 Å². The largest absolute Gasteiger partial charge is 0.274 e. The zero-order chi connectivity index (χ0) is 18.4. The fourth-order valence-corrected chi connectivity index (χ4v) is 3.97. The zero-order valence-electron chi connectivity index (χ0n) is 14.2. The van der Waals surface area contributed by atoms with Gasteiger partial charge in [-0.3, -0.25) is 5.10 Å². The van der Waals surface area contributed by atoms with Crippen LogP contribution in [-0.2, 0) is 0 Å². The predicted octanol–water partition coefficient (Wildman–Crippen LogP) is 4.87. The molecule has 0 bridgehead atoms. The molecule has 0 aliphatic heterocycles. The molecule has 5 rings (SSSR count). The number of aromatic amines is 1. The quantitative estimate of drug-likeness (QED) is 0.475. The minimum Gasteiger partial charge on any atom is -0.274 e. The summed E-state index contributed by atoms with van der Waals surface area (Å²) in [5.41, 5.74) is 4.82. The van der Waals surface area contributed by atoms with Gasteiger partial charge in [-0.15, -0.1) is 10.2 Å². The molecule has 3 heterocycles.